The number of anilines is 3. The van der Waals surface area contributed by atoms with Crippen LogP contribution in [0.3, 0.4) is 0 Å². The van der Waals surface area contributed by atoms with Crippen molar-refractivity contribution in [1.29, 1.82) is 0 Å². The van der Waals surface area contributed by atoms with Gasteiger partial charge in [-0.1, -0.05) is 18.2 Å². The molecule has 3 aliphatic heterocycles. The highest BCUT2D eigenvalue weighted by molar-refractivity contribution is 7.91. The van der Waals surface area contributed by atoms with E-state index in [-0.39, 0.29) is 11.5 Å². The fraction of sp³-hybridized carbons (Fsp3) is 0.444. The first kappa shape index (κ1) is 23.8. The molecule has 1 aromatic heterocycles. The van der Waals surface area contributed by atoms with Crippen LogP contribution in [0.15, 0.2) is 48.7 Å². The lowest BCUT2D eigenvalue weighted by atomic mass is 9.99. The Bertz CT molecular complexity index is 1300. The van der Waals surface area contributed by atoms with Crippen molar-refractivity contribution in [2.75, 3.05) is 72.1 Å². The maximum Gasteiger partial charge on any atom is 0.185 e. The summed E-state index contributed by atoms with van der Waals surface area (Å²) in [5, 5.41) is 1.10. The van der Waals surface area contributed by atoms with Crippen molar-refractivity contribution in [2.24, 2.45) is 0 Å². The van der Waals surface area contributed by atoms with Crippen molar-refractivity contribution in [1.82, 2.24) is 4.98 Å². The van der Waals surface area contributed by atoms with Crippen molar-refractivity contribution in [3.63, 3.8) is 0 Å². The number of ether oxygens (including phenoxy) is 1. The summed E-state index contributed by atoms with van der Waals surface area (Å²) in [6, 6.07) is 15.5. The number of benzene rings is 2. The lowest BCUT2D eigenvalue weighted by Crippen LogP contribution is -2.40. The van der Waals surface area contributed by atoms with Crippen LogP contribution < -0.4 is 14.7 Å². The van der Waals surface area contributed by atoms with Gasteiger partial charge in [-0.2, -0.15) is 0 Å². The Labute approximate surface area is 217 Å². The molecule has 36 heavy (non-hydrogen) atoms. The molecular weight excluding hydrogens is 492 g/mol. The normalized spacial score (nSPS) is 19.8. The van der Waals surface area contributed by atoms with E-state index in [1.165, 1.54) is 27.3 Å². The third-order valence-corrected chi connectivity index (χ3v) is 10.1. The number of nitrogens with zero attached hydrogens (tertiary/aromatic N) is 4. The van der Waals surface area contributed by atoms with Gasteiger partial charge in [0.1, 0.15) is 0 Å². The lowest BCUT2D eigenvalue weighted by molar-refractivity contribution is 0.122. The summed E-state index contributed by atoms with van der Waals surface area (Å²) in [5.41, 5.74) is 6.50. The first-order valence-corrected chi connectivity index (χ1v) is 15.3. The second kappa shape index (κ2) is 10.0. The highest BCUT2D eigenvalue weighted by Crippen LogP contribution is 2.31. The molecule has 0 N–H and O–H groups in total. The van der Waals surface area contributed by atoms with Gasteiger partial charge >= 0.3 is 0 Å². The summed E-state index contributed by atoms with van der Waals surface area (Å²) in [6.45, 7) is 6.57. The number of fused-ring (bicyclic) bond motifs is 1. The smallest absolute Gasteiger partial charge is 0.185 e. The third-order valence-electron chi connectivity index (χ3n) is 7.41. The van der Waals surface area contributed by atoms with Crippen molar-refractivity contribution in [2.45, 2.75) is 19.4 Å². The summed E-state index contributed by atoms with van der Waals surface area (Å²) in [4.78, 5) is 13.0. The fourth-order valence-electron chi connectivity index (χ4n) is 5.25. The molecule has 0 bridgehead atoms. The van der Waals surface area contributed by atoms with Gasteiger partial charge in [0.15, 0.2) is 15.0 Å². The van der Waals surface area contributed by atoms with Crippen LogP contribution >= 0.6 is 11.3 Å². The summed E-state index contributed by atoms with van der Waals surface area (Å²) in [7, 11) is -2.86. The second-order valence-electron chi connectivity index (χ2n) is 9.82. The Morgan fingerprint density at radius 3 is 2.33 bits per heavy atom. The van der Waals surface area contributed by atoms with Crippen LogP contribution in [0, 0.1) is 0 Å². The minimum absolute atomic E-state index is 0.244. The molecule has 7 nitrogen and oxygen atoms in total. The van der Waals surface area contributed by atoms with E-state index in [1.807, 2.05) is 6.20 Å². The number of morpholine rings is 1. The number of sulfone groups is 1. The molecule has 6 rings (SSSR count). The summed E-state index contributed by atoms with van der Waals surface area (Å²) in [5.74, 6) is 0.488. The SMILES string of the molecule is O=S1(=O)CCN(c2ccc(Cc3cnc(N4CCc5ccc(N6CCOCC6)cc5C4)s3)cc2)CC1. The van der Waals surface area contributed by atoms with Crippen molar-refractivity contribution in [3.8, 4) is 0 Å². The molecular formula is C27H32N4O3S2. The number of aromatic nitrogens is 1. The quantitative estimate of drug-likeness (QED) is 0.507. The molecule has 9 heteroatoms. The average Bonchev–Trinajstić information content (AvgIpc) is 3.38. The van der Waals surface area contributed by atoms with Gasteiger partial charge in [0.2, 0.25) is 0 Å². The molecule has 0 spiro atoms. The average molecular weight is 525 g/mol. The Kier molecular flexibility index (Phi) is 6.62. The van der Waals surface area contributed by atoms with Crippen LogP contribution in [-0.4, -0.2) is 70.8 Å². The van der Waals surface area contributed by atoms with Crippen molar-refractivity contribution >= 4 is 37.7 Å². The summed E-state index contributed by atoms with van der Waals surface area (Å²) >= 11 is 1.78. The van der Waals surface area contributed by atoms with Crippen molar-refractivity contribution in [3.05, 3.63) is 70.2 Å². The van der Waals surface area contributed by atoms with Crippen LogP contribution in [0.1, 0.15) is 21.6 Å². The Balaban J connectivity index is 1.09. The number of thiazole rings is 1. The van der Waals surface area contributed by atoms with Gasteiger partial charge in [0, 0.05) is 68.1 Å². The van der Waals surface area contributed by atoms with Crippen LogP contribution in [-0.2, 0) is 34.0 Å². The van der Waals surface area contributed by atoms with Crippen LogP contribution in [0.5, 0.6) is 0 Å². The number of hydrogen-bond donors (Lipinski definition) is 0. The molecule has 0 saturated carbocycles. The van der Waals surface area contributed by atoms with E-state index in [1.54, 1.807) is 11.3 Å². The Morgan fingerprint density at radius 1 is 0.833 bits per heavy atom. The minimum atomic E-state index is -2.86. The summed E-state index contributed by atoms with van der Waals surface area (Å²) in [6.07, 6.45) is 3.92. The van der Waals surface area contributed by atoms with Gasteiger partial charge in [0.05, 0.1) is 24.7 Å². The van der Waals surface area contributed by atoms with E-state index in [4.69, 9.17) is 9.72 Å². The molecule has 4 heterocycles. The predicted molar refractivity (Wildman–Crippen MR) is 146 cm³/mol. The van der Waals surface area contributed by atoms with Gasteiger partial charge in [-0.3, -0.25) is 0 Å². The molecule has 0 unspecified atom stereocenters. The van der Waals surface area contributed by atoms with Gasteiger partial charge in [0.25, 0.3) is 0 Å². The molecule has 0 aliphatic carbocycles. The van der Waals surface area contributed by atoms with Crippen molar-refractivity contribution < 1.29 is 13.2 Å². The standard InChI is InChI=1S/C27H32N4O3S2/c32-36(33)15-11-30(12-16-36)24-4-1-21(2-5-24)17-26-19-28-27(35-26)31-8-7-22-3-6-25(18-23(22)20-31)29-9-13-34-14-10-29/h1-6,18-19H,7-17,20H2. The molecule has 3 aliphatic rings. The number of rotatable bonds is 5. The monoisotopic (exact) mass is 524 g/mol. The third kappa shape index (κ3) is 5.23. The molecule has 2 aromatic carbocycles. The van der Waals surface area contributed by atoms with Gasteiger partial charge in [-0.15, -0.1) is 11.3 Å². The number of hydrogen-bond acceptors (Lipinski definition) is 8. The van der Waals surface area contributed by atoms with E-state index >= 15 is 0 Å². The van der Waals surface area contributed by atoms with Gasteiger partial charge in [-0.05, 0) is 47.4 Å². The molecule has 2 fully saturated rings. The predicted octanol–water partition coefficient (Wildman–Crippen LogP) is 3.37. The zero-order valence-corrected chi connectivity index (χ0v) is 22.1. The Morgan fingerprint density at radius 2 is 1.56 bits per heavy atom. The zero-order chi connectivity index (χ0) is 24.5. The Hall–Kier alpha value is -2.62. The van der Waals surface area contributed by atoms with Gasteiger partial charge < -0.3 is 19.4 Å². The maximum absolute atomic E-state index is 11.7. The van der Waals surface area contributed by atoms with E-state index < -0.39 is 9.84 Å². The maximum atomic E-state index is 11.7. The minimum Gasteiger partial charge on any atom is -0.378 e. The van der Waals surface area contributed by atoms with E-state index in [0.717, 1.165) is 63.1 Å². The van der Waals surface area contributed by atoms with Gasteiger partial charge in [-0.25, -0.2) is 13.4 Å². The first-order valence-electron chi connectivity index (χ1n) is 12.7. The molecule has 0 radical (unpaired) electrons. The van der Waals surface area contributed by atoms with E-state index in [9.17, 15) is 8.42 Å². The zero-order valence-electron chi connectivity index (χ0n) is 20.4. The molecule has 0 atom stereocenters. The van der Waals surface area contributed by atoms with Crippen LogP contribution in [0.25, 0.3) is 0 Å². The largest absolute Gasteiger partial charge is 0.378 e. The lowest BCUT2D eigenvalue weighted by Gasteiger charge is -2.32. The fourth-order valence-corrected chi connectivity index (χ4v) is 7.42. The molecule has 2 saturated heterocycles. The molecule has 0 amide bonds. The second-order valence-corrected chi connectivity index (χ2v) is 13.2. The highest BCUT2D eigenvalue weighted by Gasteiger charge is 2.23. The van der Waals surface area contributed by atoms with Crippen LogP contribution in [0.2, 0.25) is 0 Å². The highest BCUT2D eigenvalue weighted by atomic mass is 32.2. The van der Waals surface area contributed by atoms with E-state index in [0.29, 0.717) is 13.1 Å². The topological polar surface area (TPSA) is 66.0 Å². The molecule has 3 aromatic rings. The summed E-state index contributed by atoms with van der Waals surface area (Å²) < 4.78 is 28.9. The molecule has 190 valence electrons. The first-order chi connectivity index (χ1) is 17.5. The van der Waals surface area contributed by atoms with Crippen LogP contribution in [0.4, 0.5) is 16.5 Å². The van der Waals surface area contributed by atoms with E-state index in [2.05, 4.69) is 57.2 Å².